The number of hydrogen-bond donors (Lipinski definition) is 1. The molecule has 0 unspecified atom stereocenters. The highest BCUT2D eigenvalue weighted by Gasteiger charge is 2.39. The maximum atomic E-state index is 13.8. The highest BCUT2D eigenvalue weighted by Crippen LogP contribution is 2.38. The molecule has 1 saturated carbocycles. The summed E-state index contributed by atoms with van der Waals surface area (Å²) >= 11 is 0. The van der Waals surface area contributed by atoms with Gasteiger partial charge in [-0.25, -0.2) is 4.39 Å². The Morgan fingerprint density at radius 1 is 1.56 bits per heavy atom. The monoisotopic (exact) mass is 251 g/mol. The summed E-state index contributed by atoms with van der Waals surface area (Å²) in [6.45, 7) is 3.81. The van der Waals surface area contributed by atoms with Gasteiger partial charge in [0.15, 0.2) is 0 Å². The van der Waals surface area contributed by atoms with Crippen molar-refractivity contribution in [3.05, 3.63) is 29.6 Å². The first kappa shape index (κ1) is 12.9. The van der Waals surface area contributed by atoms with Crippen LogP contribution in [0.25, 0.3) is 0 Å². The van der Waals surface area contributed by atoms with Gasteiger partial charge < -0.3 is 10.1 Å². The highest BCUT2D eigenvalue weighted by molar-refractivity contribution is 5.81. The Labute approximate surface area is 106 Å². The van der Waals surface area contributed by atoms with Crippen molar-refractivity contribution in [3.8, 4) is 5.75 Å². The SMILES string of the molecule is COc1cccc(F)c1[C@H](C)NC(=O)[C@@H]1C[C@H]1C. The predicted octanol–water partition coefficient (Wildman–Crippen LogP) is 2.67. The van der Waals surface area contributed by atoms with E-state index in [-0.39, 0.29) is 23.7 Å². The van der Waals surface area contributed by atoms with Gasteiger partial charge in [0, 0.05) is 5.92 Å². The fourth-order valence-corrected chi connectivity index (χ4v) is 2.20. The summed E-state index contributed by atoms with van der Waals surface area (Å²) in [6, 6.07) is 4.28. The van der Waals surface area contributed by atoms with Gasteiger partial charge in [-0.3, -0.25) is 4.79 Å². The Balaban J connectivity index is 2.13. The van der Waals surface area contributed by atoms with Crippen molar-refractivity contribution in [3.63, 3.8) is 0 Å². The van der Waals surface area contributed by atoms with E-state index in [0.29, 0.717) is 17.2 Å². The lowest BCUT2D eigenvalue weighted by Gasteiger charge is -2.18. The van der Waals surface area contributed by atoms with Gasteiger partial charge in [0.25, 0.3) is 0 Å². The van der Waals surface area contributed by atoms with Crippen LogP contribution in [-0.2, 0) is 4.79 Å². The molecule has 0 bridgehead atoms. The highest BCUT2D eigenvalue weighted by atomic mass is 19.1. The van der Waals surface area contributed by atoms with E-state index in [2.05, 4.69) is 5.32 Å². The summed E-state index contributed by atoms with van der Waals surface area (Å²) < 4.78 is 18.9. The Morgan fingerprint density at radius 3 is 2.78 bits per heavy atom. The first-order valence-corrected chi connectivity index (χ1v) is 6.17. The first-order valence-electron chi connectivity index (χ1n) is 6.17. The third-order valence-corrected chi connectivity index (χ3v) is 3.47. The number of ether oxygens (including phenoxy) is 1. The zero-order chi connectivity index (χ0) is 13.3. The molecule has 18 heavy (non-hydrogen) atoms. The number of nitrogens with one attached hydrogen (secondary N) is 1. The maximum absolute atomic E-state index is 13.8. The summed E-state index contributed by atoms with van der Waals surface area (Å²) in [4.78, 5) is 11.8. The lowest BCUT2D eigenvalue weighted by Crippen LogP contribution is -2.29. The molecule has 3 nitrogen and oxygen atoms in total. The van der Waals surface area contributed by atoms with Crippen LogP contribution in [0, 0.1) is 17.7 Å². The molecule has 1 aliphatic carbocycles. The van der Waals surface area contributed by atoms with E-state index in [1.165, 1.54) is 13.2 Å². The number of carbonyl (C=O) groups excluding carboxylic acids is 1. The predicted molar refractivity (Wildman–Crippen MR) is 66.8 cm³/mol. The largest absolute Gasteiger partial charge is 0.496 e. The topological polar surface area (TPSA) is 38.3 Å². The van der Waals surface area contributed by atoms with E-state index in [9.17, 15) is 9.18 Å². The molecule has 1 amide bonds. The second kappa shape index (κ2) is 4.96. The molecule has 0 radical (unpaired) electrons. The van der Waals surface area contributed by atoms with Crippen LogP contribution >= 0.6 is 0 Å². The number of halogens is 1. The molecule has 1 aliphatic rings. The standard InChI is InChI=1S/C14H18FNO2/c1-8-7-10(8)14(17)16-9(2)13-11(15)5-4-6-12(13)18-3/h4-6,8-10H,7H2,1-3H3,(H,16,17)/t8-,9+,10-/m1/s1. The van der Waals surface area contributed by atoms with Gasteiger partial charge >= 0.3 is 0 Å². The first-order chi connectivity index (χ1) is 8.54. The van der Waals surface area contributed by atoms with E-state index in [4.69, 9.17) is 4.74 Å². The molecular formula is C14H18FNO2. The smallest absolute Gasteiger partial charge is 0.223 e. The summed E-state index contributed by atoms with van der Waals surface area (Å²) in [5.41, 5.74) is 0.404. The number of methoxy groups -OCH3 is 1. The van der Waals surface area contributed by atoms with Gasteiger partial charge in [-0.1, -0.05) is 13.0 Å². The van der Waals surface area contributed by atoms with Crippen molar-refractivity contribution < 1.29 is 13.9 Å². The average molecular weight is 251 g/mol. The molecule has 1 N–H and O–H groups in total. The van der Waals surface area contributed by atoms with Crippen LogP contribution in [-0.4, -0.2) is 13.0 Å². The number of carbonyl (C=O) groups is 1. The molecule has 3 atom stereocenters. The lowest BCUT2D eigenvalue weighted by molar-refractivity contribution is -0.123. The van der Waals surface area contributed by atoms with E-state index in [1.54, 1.807) is 19.1 Å². The van der Waals surface area contributed by atoms with Crippen molar-refractivity contribution in [2.75, 3.05) is 7.11 Å². The normalized spacial score (nSPS) is 23.3. The van der Waals surface area contributed by atoms with Crippen molar-refractivity contribution in [1.29, 1.82) is 0 Å². The third kappa shape index (κ3) is 2.47. The van der Waals surface area contributed by atoms with Crippen molar-refractivity contribution >= 4 is 5.91 Å². The number of rotatable bonds is 4. The van der Waals surface area contributed by atoms with Gasteiger partial charge in [0.2, 0.25) is 5.91 Å². The van der Waals surface area contributed by atoms with Gasteiger partial charge in [0.1, 0.15) is 11.6 Å². The molecule has 0 saturated heterocycles. The van der Waals surface area contributed by atoms with Gasteiger partial charge in [-0.2, -0.15) is 0 Å². The van der Waals surface area contributed by atoms with E-state index in [1.807, 2.05) is 6.92 Å². The Bertz CT molecular complexity index is 461. The Morgan fingerprint density at radius 2 is 2.22 bits per heavy atom. The van der Waals surface area contributed by atoms with Gasteiger partial charge in [-0.15, -0.1) is 0 Å². The molecule has 4 heteroatoms. The van der Waals surface area contributed by atoms with Crippen LogP contribution in [0.4, 0.5) is 4.39 Å². The van der Waals surface area contributed by atoms with Gasteiger partial charge in [-0.05, 0) is 31.4 Å². The molecule has 0 aromatic heterocycles. The molecule has 0 aliphatic heterocycles. The second-order valence-electron chi connectivity index (χ2n) is 4.91. The quantitative estimate of drug-likeness (QED) is 0.893. The van der Waals surface area contributed by atoms with Crippen LogP contribution in [0.1, 0.15) is 31.9 Å². The van der Waals surface area contributed by atoms with Crippen LogP contribution in [0.3, 0.4) is 0 Å². The van der Waals surface area contributed by atoms with Crippen LogP contribution < -0.4 is 10.1 Å². The fraction of sp³-hybridized carbons (Fsp3) is 0.500. The van der Waals surface area contributed by atoms with Gasteiger partial charge in [0.05, 0.1) is 18.7 Å². The average Bonchev–Trinajstić information content (AvgIpc) is 3.05. The molecular weight excluding hydrogens is 233 g/mol. The summed E-state index contributed by atoms with van der Waals surface area (Å²) in [6.07, 6.45) is 0.924. The minimum atomic E-state index is -0.388. The van der Waals surface area contributed by atoms with Crippen LogP contribution in [0.15, 0.2) is 18.2 Å². The zero-order valence-corrected chi connectivity index (χ0v) is 10.9. The van der Waals surface area contributed by atoms with Crippen molar-refractivity contribution in [1.82, 2.24) is 5.32 Å². The fourth-order valence-electron chi connectivity index (χ4n) is 2.20. The third-order valence-electron chi connectivity index (χ3n) is 3.47. The number of amides is 1. The molecule has 0 spiro atoms. The molecule has 1 aromatic carbocycles. The van der Waals surface area contributed by atoms with E-state index >= 15 is 0 Å². The van der Waals surface area contributed by atoms with E-state index < -0.39 is 0 Å². The number of benzene rings is 1. The molecule has 0 heterocycles. The molecule has 98 valence electrons. The van der Waals surface area contributed by atoms with Crippen LogP contribution in [0.5, 0.6) is 5.75 Å². The minimum absolute atomic E-state index is 0.000283. The maximum Gasteiger partial charge on any atom is 0.223 e. The van der Waals surface area contributed by atoms with Crippen LogP contribution in [0.2, 0.25) is 0 Å². The minimum Gasteiger partial charge on any atom is -0.496 e. The molecule has 1 aromatic rings. The summed E-state index contributed by atoms with van der Waals surface area (Å²) in [5, 5.41) is 2.85. The van der Waals surface area contributed by atoms with Crippen molar-refractivity contribution in [2.24, 2.45) is 11.8 Å². The Kier molecular flexibility index (Phi) is 3.55. The molecule has 2 rings (SSSR count). The number of hydrogen-bond acceptors (Lipinski definition) is 2. The lowest BCUT2D eigenvalue weighted by atomic mass is 10.1. The Hall–Kier alpha value is -1.58. The molecule has 1 fully saturated rings. The summed E-state index contributed by atoms with van der Waals surface area (Å²) in [5.74, 6) is 0.642. The zero-order valence-electron chi connectivity index (χ0n) is 10.9. The summed E-state index contributed by atoms with van der Waals surface area (Å²) in [7, 11) is 1.50. The second-order valence-corrected chi connectivity index (χ2v) is 4.91. The van der Waals surface area contributed by atoms with Crippen molar-refractivity contribution in [2.45, 2.75) is 26.3 Å². The van der Waals surface area contributed by atoms with E-state index in [0.717, 1.165) is 6.42 Å².